The molecule has 2 amide bonds. The first-order valence-electron chi connectivity index (χ1n) is 13.6. The minimum absolute atomic E-state index is 0.0798. The average Bonchev–Trinajstić information content (AvgIpc) is 3.52. The SMILES string of the molecule is C=C(C)Nc1ccn(C(=O)N2CCC3(CCCN3Cc3ccc(Cl)cc3N3CCN(C(C)=O)CC3)CC2)n1. The molecule has 0 atom stereocenters. The Morgan fingerprint density at radius 3 is 2.42 bits per heavy atom. The largest absolute Gasteiger partial charge is 0.368 e. The number of benzene rings is 1. The van der Waals surface area contributed by atoms with Crippen LogP contribution in [0, 0.1) is 0 Å². The van der Waals surface area contributed by atoms with Gasteiger partial charge in [0.25, 0.3) is 0 Å². The zero-order valence-electron chi connectivity index (χ0n) is 22.5. The molecule has 10 heteroatoms. The summed E-state index contributed by atoms with van der Waals surface area (Å²) in [5.74, 6) is 0.763. The standard InChI is InChI=1S/C28H38ClN7O2/c1-21(2)30-26-7-12-36(31-26)27(38)34-13-9-28(10-14-34)8-4-11-35(28)20-23-5-6-24(29)19-25(23)33-17-15-32(16-18-33)22(3)37/h5-7,12,19H,1,4,8-11,13-18,20H2,2-3H3,(H,30,31). The van der Waals surface area contributed by atoms with E-state index < -0.39 is 0 Å². The molecule has 0 unspecified atom stereocenters. The first kappa shape index (κ1) is 26.6. The van der Waals surface area contributed by atoms with Crippen molar-refractivity contribution in [2.75, 3.05) is 56.0 Å². The van der Waals surface area contributed by atoms with Gasteiger partial charge in [0.05, 0.1) is 0 Å². The van der Waals surface area contributed by atoms with Crippen molar-refractivity contribution in [3.8, 4) is 0 Å². The van der Waals surface area contributed by atoms with Gasteiger partial charge >= 0.3 is 6.03 Å². The van der Waals surface area contributed by atoms with E-state index in [-0.39, 0.29) is 17.5 Å². The smallest absolute Gasteiger partial charge is 0.344 e. The third-order valence-corrected chi connectivity index (χ3v) is 8.54. The Bertz CT molecular complexity index is 1200. The summed E-state index contributed by atoms with van der Waals surface area (Å²) in [4.78, 5) is 33.7. The predicted octanol–water partition coefficient (Wildman–Crippen LogP) is 4.25. The van der Waals surface area contributed by atoms with Gasteiger partial charge in [-0.15, -0.1) is 5.10 Å². The molecule has 5 rings (SSSR count). The van der Waals surface area contributed by atoms with Crippen LogP contribution in [0.25, 0.3) is 0 Å². The van der Waals surface area contributed by atoms with Gasteiger partial charge in [0, 0.05) is 86.9 Å². The number of hydrogen-bond donors (Lipinski definition) is 1. The Kier molecular flexibility index (Phi) is 7.68. The fourth-order valence-corrected chi connectivity index (χ4v) is 6.38. The fourth-order valence-electron chi connectivity index (χ4n) is 6.22. The number of piperazine rings is 1. The summed E-state index contributed by atoms with van der Waals surface area (Å²) in [6.45, 7) is 13.8. The zero-order chi connectivity index (χ0) is 26.9. The summed E-state index contributed by atoms with van der Waals surface area (Å²) < 4.78 is 1.42. The lowest BCUT2D eigenvalue weighted by Crippen LogP contribution is -2.53. The first-order valence-corrected chi connectivity index (χ1v) is 13.9. The Morgan fingerprint density at radius 2 is 1.74 bits per heavy atom. The number of allylic oxidation sites excluding steroid dienone is 1. The number of aromatic nitrogens is 2. The van der Waals surface area contributed by atoms with Gasteiger partial charge in [0.15, 0.2) is 5.82 Å². The maximum absolute atomic E-state index is 13.1. The van der Waals surface area contributed by atoms with Crippen molar-refractivity contribution in [3.05, 3.63) is 53.3 Å². The highest BCUT2D eigenvalue weighted by Crippen LogP contribution is 2.40. The van der Waals surface area contributed by atoms with Gasteiger partial charge in [0.1, 0.15) is 0 Å². The van der Waals surface area contributed by atoms with Crippen LogP contribution >= 0.6 is 11.6 Å². The molecular weight excluding hydrogens is 502 g/mol. The second-order valence-electron chi connectivity index (χ2n) is 10.8. The van der Waals surface area contributed by atoms with E-state index in [2.05, 4.69) is 38.9 Å². The number of amides is 2. The third kappa shape index (κ3) is 5.54. The van der Waals surface area contributed by atoms with Gasteiger partial charge in [-0.3, -0.25) is 9.69 Å². The van der Waals surface area contributed by atoms with Crippen molar-refractivity contribution in [3.63, 3.8) is 0 Å². The fraction of sp³-hybridized carbons (Fsp3) is 0.536. The second-order valence-corrected chi connectivity index (χ2v) is 11.3. The van der Waals surface area contributed by atoms with Crippen LogP contribution in [0.2, 0.25) is 5.02 Å². The molecule has 3 saturated heterocycles. The second kappa shape index (κ2) is 11.0. The van der Waals surface area contributed by atoms with Gasteiger partial charge < -0.3 is 20.0 Å². The lowest BCUT2D eigenvalue weighted by molar-refractivity contribution is -0.129. The van der Waals surface area contributed by atoms with Crippen molar-refractivity contribution in [1.29, 1.82) is 0 Å². The molecule has 38 heavy (non-hydrogen) atoms. The average molecular weight is 540 g/mol. The Hall–Kier alpha value is -3.04. The van der Waals surface area contributed by atoms with Crippen LogP contribution in [0.3, 0.4) is 0 Å². The summed E-state index contributed by atoms with van der Waals surface area (Å²) in [7, 11) is 0. The number of rotatable bonds is 5. The highest BCUT2D eigenvalue weighted by atomic mass is 35.5. The molecule has 2 aromatic rings. The molecular formula is C28H38ClN7O2. The molecule has 204 valence electrons. The monoisotopic (exact) mass is 539 g/mol. The zero-order valence-corrected chi connectivity index (χ0v) is 23.2. The van der Waals surface area contributed by atoms with Gasteiger partial charge in [-0.25, -0.2) is 4.79 Å². The summed E-state index contributed by atoms with van der Waals surface area (Å²) in [6, 6.07) is 7.93. The number of hydrogen-bond acceptors (Lipinski definition) is 6. The Morgan fingerprint density at radius 1 is 1.00 bits per heavy atom. The summed E-state index contributed by atoms with van der Waals surface area (Å²) in [5, 5.41) is 8.16. The van der Waals surface area contributed by atoms with Gasteiger partial charge in [0.2, 0.25) is 5.91 Å². The molecule has 1 aromatic heterocycles. The molecule has 3 aliphatic heterocycles. The highest BCUT2D eigenvalue weighted by molar-refractivity contribution is 6.30. The van der Waals surface area contributed by atoms with Crippen LogP contribution in [0.15, 0.2) is 42.7 Å². The number of likely N-dealkylation sites (tertiary alicyclic amines) is 2. The minimum Gasteiger partial charge on any atom is -0.368 e. The van der Waals surface area contributed by atoms with Crippen molar-refractivity contribution in [1.82, 2.24) is 24.5 Å². The van der Waals surface area contributed by atoms with Crippen LogP contribution in [-0.2, 0) is 11.3 Å². The maximum atomic E-state index is 13.1. The van der Waals surface area contributed by atoms with Gasteiger partial charge in [-0.1, -0.05) is 24.2 Å². The quantitative estimate of drug-likeness (QED) is 0.612. The summed E-state index contributed by atoms with van der Waals surface area (Å²) in [6.07, 6.45) is 5.94. The molecule has 4 heterocycles. The van der Waals surface area contributed by atoms with E-state index in [9.17, 15) is 9.59 Å². The van der Waals surface area contributed by atoms with Crippen LogP contribution in [0.5, 0.6) is 0 Å². The van der Waals surface area contributed by atoms with E-state index in [0.29, 0.717) is 5.82 Å². The number of nitrogens with zero attached hydrogens (tertiary/aromatic N) is 6. The predicted molar refractivity (Wildman–Crippen MR) is 151 cm³/mol. The van der Waals surface area contributed by atoms with Crippen molar-refractivity contribution in [2.45, 2.75) is 51.6 Å². The van der Waals surface area contributed by atoms with Crippen molar-refractivity contribution in [2.24, 2.45) is 0 Å². The van der Waals surface area contributed by atoms with E-state index in [0.717, 1.165) is 82.3 Å². The molecule has 0 aliphatic carbocycles. The van der Waals surface area contributed by atoms with Crippen molar-refractivity contribution < 1.29 is 9.59 Å². The summed E-state index contributed by atoms with van der Waals surface area (Å²) in [5.41, 5.74) is 3.34. The number of carbonyl (C=O) groups excluding carboxylic acids is 2. The summed E-state index contributed by atoms with van der Waals surface area (Å²) >= 11 is 6.44. The highest BCUT2D eigenvalue weighted by Gasteiger charge is 2.44. The number of nitrogens with one attached hydrogen (secondary N) is 1. The van der Waals surface area contributed by atoms with Gasteiger partial charge in [-0.05, 0) is 56.8 Å². The van der Waals surface area contributed by atoms with Crippen LogP contribution < -0.4 is 10.2 Å². The molecule has 1 spiro atoms. The van der Waals surface area contributed by atoms with Gasteiger partial charge in [-0.2, -0.15) is 4.68 Å². The van der Waals surface area contributed by atoms with Crippen LogP contribution in [0.4, 0.5) is 16.3 Å². The van der Waals surface area contributed by atoms with Crippen molar-refractivity contribution >= 4 is 35.0 Å². The van der Waals surface area contributed by atoms with E-state index in [1.165, 1.54) is 22.4 Å². The topological polar surface area (TPSA) is 77.0 Å². The van der Waals surface area contributed by atoms with E-state index in [1.807, 2.05) is 22.8 Å². The molecule has 1 N–H and O–H groups in total. The van der Waals surface area contributed by atoms with E-state index in [4.69, 9.17) is 11.6 Å². The normalized spacial score (nSPS) is 19.7. The number of piperidine rings is 1. The molecule has 0 radical (unpaired) electrons. The minimum atomic E-state index is -0.0798. The maximum Gasteiger partial charge on any atom is 0.344 e. The number of anilines is 2. The third-order valence-electron chi connectivity index (χ3n) is 8.31. The Labute approximate surface area is 230 Å². The van der Waals surface area contributed by atoms with E-state index >= 15 is 0 Å². The number of carbonyl (C=O) groups is 2. The molecule has 0 saturated carbocycles. The lowest BCUT2D eigenvalue weighted by atomic mass is 9.84. The first-order chi connectivity index (χ1) is 18.2. The molecule has 1 aromatic carbocycles. The molecule has 3 aliphatic rings. The van der Waals surface area contributed by atoms with E-state index in [1.54, 1.807) is 19.2 Å². The Balaban J connectivity index is 1.25. The number of halogens is 1. The molecule has 0 bridgehead atoms. The van der Waals surface area contributed by atoms with Crippen LogP contribution in [-0.4, -0.2) is 87.8 Å². The molecule has 3 fully saturated rings. The lowest BCUT2D eigenvalue weighted by Gasteiger charge is -2.45. The van der Waals surface area contributed by atoms with Crippen LogP contribution in [0.1, 0.15) is 45.1 Å². The molecule has 9 nitrogen and oxygen atoms in total.